The lowest BCUT2D eigenvalue weighted by Gasteiger charge is -2.00. The molecule has 2 aromatic rings. The summed E-state index contributed by atoms with van der Waals surface area (Å²) in [5, 5.41) is 0. The number of hydrogen-bond donors (Lipinski definition) is 0. The molecule has 18 heavy (non-hydrogen) atoms. The van der Waals surface area contributed by atoms with E-state index < -0.39 is 0 Å². The Labute approximate surface area is 119 Å². The van der Waals surface area contributed by atoms with Gasteiger partial charge in [0.05, 0.1) is 0 Å². The fraction of sp³-hybridized carbons (Fsp3) is 0.0625. The summed E-state index contributed by atoms with van der Waals surface area (Å²) in [5.74, 6) is 0. The van der Waals surface area contributed by atoms with E-state index in [2.05, 4.69) is 41.7 Å². The van der Waals surface area contributed by atoms with Gasteiger partial charge in [0.15, 0.2) is 18.9 Å². The van der Waals surface area contributed by atoms with Gasteiger partial charge in [-0.15, -0.1) is 0 Å². The van der Waals surface area contributed by atoms with Crippen LogP contribution in [0.15, 0.2) is 79.7 Å². The van der Waals surface area contributed by atoms with Gasteiger partial charge >= 0.3 is 0 Å². The average Bonchev–Trinajstić information content (AvgIpc) is 2.42. The first-order valence-electron chi connectivity index (χ1n) is 5.72. The monoisotopic (exact) mass is 301 g/mol. The van der Waals surface area contributed by atoms with E-state index in [9.17, 15) is 0 Å². The Bertz CT molecular complexity index is 503. The van der Waals surface area contributed by atoms with Crippen LogP contribution in [0.3, 0.4) is 0 Å². The summed E-state index contributed by atoms with van der Waals surface area (Å²) < 4.78 is 2.13. The Hall–Kier alpha value is -1.67. The van der Waals surface area contributed by atoms with Crippen molar-refractivity contribution in [1.29, 1.82) is 0 Å². The van der Waals surface area contributed by atoms with Crippen molar-refractivity contribution in [2.24, 2.45) is 0 Å². The fourth-order valence-corrected chi connectivity index (χ4v) is 1.71. The zero-order valence-electron chi connectivity index (χ0n) is 10.2. The van der Waals surface area contributed by atoms with Crippen molar-refractivity contribution in [3.8, 4) is 0 Å². The summed E-state index contributed by atoms with van der Waals surface area (Å²) >= 11 is 0. The molecule has 0 atom stereocenters. The van der Waals surface area contributed by atoms with Gasteiger partial charge in [-0.1, -0.05) is 49.1 Å². The molecule has 0 aliphatic carbocycles. The third kappa shape index (κ3) is 3.97. The predicted octanol–water partition coefficient (Wildman–Crippen LogP) is 0.248. The van der Waals surface area contributed by atoms with Crippen LogP contribution < -0.4 is 21.5 Å². The highest BCUT2D eigenvalue weighted by Gasteiger charge is 1.98. The van der Waals surface area contributed by atoms with E-state index in [4.69, 9.17) is 0 Å². The molecule has 92 valence electrons. The van der Waals surface area contributed by atoms with Gasteiger partial charge in [-0.25, -0.2) is 4.57 Å². The van der Waals surface area contributed by atoms with Gasteiger partial charge in [0.2, 0.25) is 0 Å². The van der Waals surface area contributed by atoms with Crippen molar-refractivity contribution < 1.29 is 21.5 Å². The Morgan fingerprint density at radius 2 is 1.61 bits per heavy atom. The zero-order chi connectivity index (χ0) is 11.9. The topological polar surface area (TPSA) is 3.88 Å². The quantitative estimate of drug-likeness (QED) is 0.563. The molecule has 1 aromatic heterocycles. The van der Waals surface area contributed by atoms with E-state index in [1.807, 2.05) is 42.5 Å². The van der Waals surface area contributed by atoms with Crippen LogP contribution in [0.2, 0.25) is 0 Å². The highest BCUT2D eigenvalue weighted by Crippen LogP contribution is 2.14. The molecule has 1 nitrogen and oxygen atoms in total. The molecule has 0 fully saturated rings. The smallest absolute Gasteiger partial charge is 0.169 e. The Morgan fingerprint density at radius 1 is 1.00 bits per heavy atom. The van der Waals surface area contributed by atoms with Crippen LogP contribution in [-0.4, -0.2) is 0 Å². The van der Waals surface area contributed by atoms with E-state index in [-0.39, 0.29) is 17.0 Å². The summed E-state index contributed by atoms with van der Waals surface area (Å²) in [4.78, 5) is 0. The third-order valence-corrected chi connectivity index (χ3v) is 2.63. The van der Waals surface area contributed by atoms with Gasteiger partial charge in [-0.2, -0.15) is 0 Å². The average molecular weight is 302 g/mol. The minimum Gasteiger partial charge on any atom is -1.00 e. The van der Waals surface area contributed by atoms with Crippen LogP contribution in [0.25, 0.3) is 5.57 Å². The first kappa shape index (κ1) is 14.4. The summed E-state index contributed by atoms with van der Waals surface area (Å²) in [5.41, 5.74) is 2.38. The number of aromatic nitrogens is 1. The molecule has 0 spiro atoms. The maximum Gasteiger partial charge on any atom is 0.169 e. The molecule has 0 amide bonds. The molecule has 0 aliphatic rings. The van der Waals surface area contributed by atoms with E-state index >= 15 is 0 Å². The summed E-state index contributed by atoms with van der Waals surface area (Å²) in [7, 11) is 0. The fourth-order valence-electron chi connectivity index (χ4n) is 1.71. The van der Waals surface area contributed by atoms with Crippen molar-refractivity contribution in [3.63, 3.8) is 0 Å². The summed E-state index contributed by atoms with van der Waals surface area (Å²) in [6.45, 7) is 4.73. The van der Waals surface area contributed by atoms with Gasteiger partial charge < -0.3 is 17.0 Å². The maximum absolute atomic E-state index is 3.87. The van der Waals surface area contributed by atoms with Crippen molar-refractivity contribution in [3.05, 3.63) is 85.2 Å². The van der Waals surface area contributed by atoms with Crippen LogP contribution in [-0.2, 0) is 6.54 Å². The van der Waals surface area contributed by atoms with Crippen molar-refractivity contribution in [1.82, 2.24) is 0 Å². The minimum atomic E-state index is 0. The Morgan fingerprint density at radius 3 is 2.22 bits per heavy atom. The van der Waals surface area contributed by atoms with E-state index in [1.54, 1.807) is 0 Å². The molecule has 0 unspecified atom stereocenters. The van der Waals surface area contributed by atoms with Gasteiger partial charge in [0, 0.05) is 12.1 Å². The highest BCUT2D eigenvalue weighted by atomic mass is 79.9. The number of rotatable bonds is 4. The van der Waals surface area contributed by atoms with Gasteiger partial charge in [-0.05, 0) is 17.2 Å². The molecule has 0 bridgehead atoms. The van der Waals surface area contributed by atoms with Gasteiger partial charge in [-0.3, -0.25) is 0 Å². The third-order valence-electron chi connectivity index (χ3n) is 2.63. The zero-order valence-corrected chi connectivity index (χ0v) is 11.8. The molecule has 0 radical (unpaired) electrons. The first-order valence-corrected chi connectivity index (χ1v) is 5.72. The van der Waals surface area contributed by atoms with Crippen molar-refractivity contribution in [2.45, 2.75) is 6.54 Å². The molecule has 0 saturated carbocycles. The minimum absolute atomic E-state index is 0. The molecule has 1 aromatic carbocycles. The van der Waals surface area contributed by atoms with Crippen molar-refractivity contribution >= 4 is 5.57 Å². The molecule has 2 heteroatoms. The van der Waals surface area contributed by atoms with Crippen LogP contribution in [0.4, 0.5) is 0 Å². The predicted molar refractivity (Wildman–Crippen MR) is 71.3 cm³/mol. The normalized spacial score (nSPS) is 10.6. The van der Waals surface area contributed by atoms with E-state index in [0.717, 1.165) is 6.54 Å². The number of allylic oxidation sites excluding steroid dienone is 3. The first-order chi connectivity index (χ1) is 8.40. The molecule has 0 saturated heterocycles. The number of nitrogens with zero attached hydrogens (tertiary/aromatic N) is 1. The maximum atomic E-state index is 3.87. The number of pyridine rings is 1. The second-order valence-electron chi connectivity index (χ2n) is 3.80. The molecule has 1 heterocycles. The van der Waals surface area contributed by atoms with Gasteiger partial charge in [0.25, 0.3) is 0 Å². The largest absolute Gasteiger partial charge is 1.00 e. The van der Waals surface area contributed by atoms with E-state index in [1.165, 1.54) is 11.1 Å². The lowest BCUT2D eigenvalue weighted by atomic mass is 10.1. The SMILES string of the molecule is C=C/C(=C\C[n+]1ccccc1)c1ccccc1.[Br-]. The van der Waals surface area contributed by atoms with Crippen molar-refractivity contribution in [2.75, 3.05) is 0 Å². The number of halogens is 1. The Kier molecular flexibility index (Phi) is 6.09. The Balaban J connectivity index is 0.00000162. The van der Waals surface area contributed by atoms with Crippen LogP contribution in [0, 0.1) is 0 Å². The second kappa shape index (κ2) is 7.62. The summed E-state index contributed by atoms with van der Waals surface area (Å²) in [6, 6.07) is 16.4. The lowest BCUT2D eigenvalue weighted by Crippen LogP contribution is -3.00. The second-order valence-corrected chi connectivity index (χ2v) is 3.80. The van der Waals surface area contributed by atoms with Crippen LogP contribution in [0.1, 0.15) is 5.56 Å². The summed E-state index contributed by atoms with van der Waals surface area (Å²) in [6.07, 6.45) is 8.20. The standard InChI is InChI=1S/C16H16N.BrH/c1-2-15(16-9-5-3-6-10-16)11-14-17-12-7-4-8-13-17;/h2-13H,1,14H2;1H/q+1;/p-1/b15-11+;. The van der Waals surface area contributed by atoms with Gasteiger partial charge in [0.1, 0.15) is 0 Å². The lowest BCUT2D eigenvalue weighted by molar-refractivity contribution is -0.686. The van der Waals surface area contributed by atoms with Crippen LogP contribution in [0.5, 0.6) is 0 Å². The molecule has 2 rings (SSSR count). The molecule has 0 aliphatic heterocycles. The molecular formula is C16H16BrN. The van der Waals surface area contributed by atoms with Crippen LogP contribution >= 0.6 is 0 Å². The number of benzene rings is 1. The highest BCUT2D eigenvalue weighted by molar-refractivity contribution is 5.73. The molecule has 0 N–H and O–H groups in total. The molecular weight excluding hydrogens is 286 g/mol. The van der Waals surface area contributed by atoms with E-state index in [0.29, 0.717) is 0 Å². The number of hydrogen-bond acceptors (Lipinski definition) is 0.